The van der Waals surface area contributed by atoms with Gasteiger partial charge in [0.25, 0.3) is 0 Å². The van der Waals surface area contributed by atoms with Gasteiger partial charge in [0.1, 0.15) is 5.92 Å². The van der Waals surface area contributed by atoms with E-state index in [4.69, 9.17) is 0 Å². The fourth-order valence-corrected chi connectivity index (χ4v) is 4.14. The molecule has 0 spiro atoms. The highest BCUT2D eigenvalue weighted by molar-refractivity contribution is 9.10. The summed E-state index contributed by atoms with van der Waals surface area (Å²) in [5.74, 6) is -0.599. The predicted octanol–water partition coefficient (Wildman–Crippen LogP) is 2.03. The molecule has 0 saturated carbocycles. The van der Waals surface area contributed by atoms with Crippen molar-refractivity contribution in [1.82, 2.24) is 4.90 Å². The second-order valence-corrected chi connectivity index (χ2v) is 8.15. The highest BCUT2D eigenvalue weighted by Crippen LogP contribution is 2.32. The third-order valence-corrected chi connectivity index (χ3v) is 5.75. The number of benzene rings is 1. The quantitative estimate of drug-likeness (QED) is 0.710. The molecule has 1 aromatic rings. The number of halogens is 1. The first-order valence-corrected chi connectivity index (χ1v) is 9.97. The maximum atomic E-state index is 12.6. The maximum Gasteiger partial charge on any atom is 0.239 e. The molecule has 0 aliphatic carbocycles. The first-order chi connectivity index (χ1) is 10.8. The van der Waals surface area contributed by atoms with Crippen LogP contribution in [0.5, 0.6) is 0 Å². The zero-order chi connectivity index (χ0) is 17.1. The minimum Gasteiger partial charge on any atom is -0.341 e. The molecule has 1 aliphatic rings. The van der Waals surface area contributed by atoms with Gasteiger partial charge in [0, 0.05) is 46.9 Å². The molecule has 3 atom stereocenters. The van der Waals surface area contributed by atoms with Crippen LogP contribution in [0.25, 0.3) is 0 Å². The van der Waals surface area contributed by atoms with Gasteiger partial charge < -0.3 is 9.80 Å². The Bertz CT molecular complexity index is 638. The van der Waals surface area contributed by atoms with E-state index in [0.29, 0.717) is 18.7 Å². The van der Waals surface area contributed by atoms with Gasteiger partial charge in [-0.1, -0.05) is 12.1 Å². The van der Waals surface area contributed by atoms with Crippen molar-refractivity contribution in [2.24, 2.45) is 5.92 Å². The molecule has 1 heterocycles. The topological polar surface area (TPSA) is 57.7 Å². The van der Waals surface area contributed by atoms with Crippen LogP contribution in [0.1, 0.15) is 13.3 Å². The van der Waals surface area contributed by atoms with Crippen LogP contribution in [0.2, 0.25) is 0 Å². The summed E-state index contributed by atoms with van der Waals surface area (Å²) in [6.07, 6.45) is 2.12. The number of hydrogen-bond acceptors (Lipinski definition) is 3. The smallest absolute Gasteiger partial charge is 0.239 e. The Balaban J connectivity index is 2.11. The average molecular weight is 401 g/mol. The summed E-state index contributed by atoms with van der Waals surface area (Å²) in [6, 6.07) is 7.34. The van der Waals surface area contributed by atoms with E-state index in [1.54, 1.807) is 23.1 Å². The second-order valence-electron chi connectivity index (χ2n) is 5.82. The van der Waals surface area contributed by atoms with Crippen molar-refractivity contribution in [2.45, 2.75) is 19.4 Å². The molecule has 1 aliphatic heterocycles. The van der Waals surface area contributed by atoms with E-state index >= 15 is 0 Å². The second kappa shape index (κ2) is 7.57. The number of nitrogens with zero attached hydrogens (tertiary/aromatic N) is 2. The standard InChI is InChI=1S/C16H21BrN2O3S/c1-11(10-23(3)22)18(2)15(20)12-8-9-19(16(12)21)14-7-5-4-6-13(14)17/h4-7,11-12H,8-10H2,1-3H3/t11-,12-,23+/m1/s1. The molecule has 1 saturated heterocycles. The minimum atomic E-state index is -0.978. The monoisotopic (exact) mass is 400 g/mol. The molecule has 126 valence electrons. The van der Waals surface area contributed by atoms with Crippen molar-refractivity contribution >= 4 is 44.2 Å². The van der Waals surface area contributed by atoms with Gasteiger partial charge in [-0.05, 0) is 41.4 Å². The number of carbonyl (C=O) groups excluding carboxylic acids is 2. The molecule has 1 fully saturated rings. The summed E-state index contributed by atoms with van der Waals surface area (Å²) >= 11 is 3.45. The first kappa shape index (κ1) is 18.1. The van der Waals surface area contributed by atoms with Crippen LogP contribution in [-0.2, 0) is 20.4 Å². The minimum absolute atomic E-state index is 0.154. The third-order valence-electron chi connectivity index (χ3n) is 4.13. The van der Waals surface area contributed by atoms with Crippen molar-refractivity contribution in [3.8, 4) is 0 Å². The average Bonchev–Trinajstić information content (AvgIpc) is 2.87. The van der Waals surface area contributed by atoms with Gasteiger partial charge in [0.05, 0.1) is 5.69 Å². The fourth-order valence-electron chi connectivity index (χ4n) is 2.73. The molecule has 2 rings (SSSR count). The highest BCUT2D eigenvalue weighted by Gasteiger charge is 2.40. The number of amides is 2. The van der Waals surface area contributed by atoms with Crippen molar-refractivity contribution in [1.29, 1.82) is 0 Å². The summed E-state index contributed by atoms with van der Waals surface area (Å²) in [5, 5.41) is 0. The van der Waals surface area contributed by atoms with Gasteiger partial charge in [0.2, 0.25) is 11.8 Å². The number of anilines is 1. The van der Waals surface area contributed by atoms with E-state index in [2.05, 4.69) is 15.9 Å². The molecule has 0 bridgehead atoms. The van der Waals surface area contributed by atoms with Crippen LogP contribution in [0.15, 0.2) is 28.7 Å². The molecule has 2 amide bonds. The van der Waals surface area contributed by atoms with E-state index in [0.717, 1.165) is 10.2 Å². The Morgan fingerprint density at radius 3 is 2.74 bits per heavy atom. The van der Waals surface area contributed by atoms with Gasteiger partial charge in [0.15, 0.2) is 0 Å². The summed E-state index contributed by atoms with van der Waals surface area (Å²) in [4.78, 5) is 28.5. The van der Waals surface area contributed by atoms with Gasteiger partial charge in [-0.25, -0.2) is 0 Å². The highest BCUT2D eigenvalue weighted by atomic mass is 79.9. The fraction of sp³-hybridized carbons (Fsp3) is 0.500. The van der Waals surface area contributed by atoms with Crippen molar-refractivity contribution < 1.29 is 13.8 Å². The molecule has 1 aromatic carbocycles. The summed E-state index contributed by atoms with van der Waals surface area (Å²) in [5.41, 5.74) is 0.790. The Hall–Kier alpha value is -1.21. The lowest BCUT2D eigenvalue weighted by molar-refractivity contribution is -0.139. The number of para-hydroxylation sites is 1. The predicted molar refractivity (Wildman–Crippen MR) is 95.8 cm³/mol. The SMILES string of the molecule is C[C@H](C[S@](C)=O)N(C)C(=O)[C@H]1CCN(c2ccccc2Br)C1=O. The zero-order valence-electron chi connectivity index (χ0n) is 13.5. The third kappa shape index (κ3) is 4.01. The van der Waals surface area contributed by atoms with E-state index < -0.39 is 16.7 Å². The van der Waals surface area contributed by atoms with Crippen LogP contribution in [0.4, 0.5) is 5.69 Å². The molecule has 0 unspecified atom stereocenters. The van der Waals surface area contributed by atoms with E-state index in [1.165, 1.54) is 0 Å². The Morgan fingerprint density at radius 1 is 1.48 bits per heavy atom. The number of carbonyl (C=O) groups is 2. The number of hydrogen-bond donors (Lipinski definition) is 0. The zero-order valence-corrected chi connectivity index (χ0v) is 15.9. The van der Waals surface area contributed by atoms with Crippen LogP contribution in [-0.4, -0.2) is 52.6 Å². The Kier molecular flexibility index (Phi) is 5.97. The Labute approximate surface area is 147 Å². The van der Waals surface area contributed by atoms with E-state index in [9.17, 15) is 13.8 Å². The number of rotatable bonds is 5. The normalized spacial score (nSPS) is 20.4. The van der Waals surface area contributed by atoms with Crippen LogP contribution in [0, 0.1) is 5.92 Å². The molecule has 0 radical (unpaired) electrons. The van der Waals surface area contributed by atoms with Gasteiger partial charge in [-0.15, -0.1) is 0 Å². The lowest BCUT2D eigenvalue weighted by Crippen LogP contribution is -2.44. The van der Waals surface area contributed by atoms with Gasteiger partial charge in [-0.3, -0.25) is 13.8 Å². The summed E-state index contributed by atoms with van der Waals surface area (Å²) in [6.45, 7) is 2.38. The van der Waals surface area contributed by atoms with E-state index in [-0.39, 0.29) is 17.9 Å². The maximum absolute atomic E-state index is 12.6. The van der Waals surface area contributed by atoms with Crippen molar-refractivity contribution in [3.63, 3.8) is 0 Å². The molecule has 7 heteroatoms. The first-order valence-electron chi connectivity index (χ1n) is 7.45. The molecule has 23 heavy (non-hydrogen) atoms. The molecule has 0 N–H and O–H groups in total. The molecule has 0 aromatic heterocycles. The summed E-state index contributed by atoms with van der Waals surface area (Å²) in [7, 11) is 0.697. The van der Waals surface area contributed by atoms with Gasteiger partial charge in [-0.2, -0.15) is 0 Å². The van der Waals surface area contributed by atoms with Crippen LogP contribution in [0.3, 0.4) is 0 Å². The molecular weight excluding hydrogens is 380 g/mol. The van der Waals surface area contributed by atoms with Crippen LogP contribution >= 0.6 is 15.9 Å². The largest absolute Gasteiger partial charge is 0.341 e. The molecular formula is C16H21BrN2O3S. The van der Waals surface area contributed by atoms with Crippen molar-refractivity contribution in [3.05, 3.63) is 28.7 Å². The Morgan fingerprint density at radius 2 is 2.13 bits per heavy atom. The van der Waals surface area contributed by atoms with Crippen LogP contribution < -0.4 is 4.90 Å². The molecule has 5 nitrogen and oxygen atoms in total. The lowest BCUT2D eigenvalue weighted by Gasteiger charge is -2.26. The lowest BCUT2D eigenvalue weighted by atomic mass is 10.1. The van der Waals surface area contributed by atoms with E-state index in [1.807, 2.05) is 31.2 Å². The van der Waals surface area contributed by atoms with Crippen molar-refractivity contribution in [2.75, 3.05) is 30.5 Å². The summed E-state index contributed by atoms with van der Waals surface area (Å²) < 4.78 is 12.2. The van der Waals surface area contributed by atoms with Gasteiger partial charge >= 0.3 is 0 Å².